The molecule has 0 aliphatic carbocycles. The summed E-state index contributed by atoms with van der Waals surface area (Å²) in [5, 5.41) is 2.28. The summed E-state index contributed by atoms with van der Waals surface area (Å²) in [4.78, 5) is 25.5. The number of aromatic amines is 1. The number of carbonyl (C=O) groups is 2. The zero-order valence-electron chi connectivity index (χ0n) is 13.9. The van der Waals surface area contributed by atoms with Gasteiger partial charge < -0.3 is 25.9 Å². The number of carbonyl (C=O) groups excluding carboxylic acids is 2. The molecule has 1 aliphatic rings. The van der Waals surface area contributed by atoms with E-state index < -0.39 is 17.8 Å². The van der Waals surface area contributed by atoms with Gasteiger partial charge in [-0.25, -0.2) is 9.18 Å². The zero-order valence-corrected chi connectivity index (χ0v) is 13.9. The molecule has 0 spiro atoms. The maximum absolute atomic E-state index is 13.8. The number of urea groups is 1. The van der Waals surface area contributed by atoms with E-state index in [4.69, 9.17) is 20.9 Å². The van der Waals surface area contributed by atoms with E-state index in [1.54, 1.807) is 0 Å². The van der Waals surface area contributed by atoms with Crippen molar-refractivity contribution >= 4 is 17.8 Å². The molecule has 8 nitrogen and oxygen atoms in total. The fourth-order valence-electron chi connectivity index (χ4n) is 2.81. The van der Waals surface area contributed by atoms with Crippen LogP contribution >= 0.6 is 0 Å². The maximum atomic E-state index is 13.8. The minimum absolute atomic E-state index is 0.00943. The largest absolute Gasteiger partial charge is 0.490 e. The van der Waals surface area contributed by atoms with E-state index in [0.29, 0.717) is 30.2 Å². The number of nitrogens with one attached hydrogen (secondary N) is 2. The molecule has 6 N–H and O–H groups in total. The van der Waals surface area contributed by atoms with Crippen molar-refractivity contribution in [2.24, 2.45) is 11.5 Å². The van der Waals surface area contributed by atoms with Crippen LogP contribution in [0.3, 0.4) is 0 Å². The molecule has 2 aromatic rings. The smallest absolute Gasteiger partial charge is 0.317 e. The summed E-state index contributed by atoms with van der Waals surface area (Å²) in [6, 6.07) is 4.56. The Kier molecular flexibility index (Phi) is 5.08. The zero-order chi connectivity index (χ0) is 18.7. The predicted molar refractivity (Wildman–Crippen MR) is 92.4 cm³/mol. The first-order chi connectivity index (χ1) is 12.4. The van der Waals surface area contributed by atoms with Gasteiger partial charge in [0.1, 0.15) is 24.0 Å². The van der Waals surface area contributed by atoms with E-state index in [-0.39, 0.29) is 17.5 Å². The van der Waals surface area contributed by atoms with Crippen LogP contribution in [-0.2, 0) is 4.74 Å². The standard InChI is InChI=1S/C17H19FN4O4/c18-9-3-4-14(26-8-10-2-1-5-25-10)11(6-9)13-7-12(15(19)23)16(21-13)22-17(20)24/h3-4,6-7,10,21H,1-2,5,8H2,(H2,19,23)(H3,20,22,24). The Bertz CT molecular complexity index is 830. The highest BCUT2D eigenvalue weighted by molar-refractivity contribution is 6.03. The van der Waals surface area contributed by atoms with Gasteiger partial charge >= 0.3 is 6.03 Å². The quantitative estimate of drug-likeness (QED) is 0.625. The minimum atomic E-state index is -0.866. The SMILES string of the molecule is NC(=O)Nc1[nH]c(-c2cc(F)ccc2OCC2CCCO2)cc1C(N)=O. The van der Waals surface area contributed by atoms with Crippen molar-refractivity contribution < 1.29 is 23.5 Å². The highest BCUT2D eigenvalue weighted by Gasteiger charge is 2.20. The van der Waals surface area contributed by atoms with Gasteiger partial charge in [-0.15, -0.1) is 0 Å². The van der Waals surface area contributed by atoms with Gasteiger partial charge in [0, 0.05) is 12.2 Å². The van der Waals surface area contributed by atoms with E-state index in [1.165, 1.54) is 24.3 Å². The second-order valence-corrected chi connectivity index (χ2v) is 5.91. The molecule has 1 saturated heterocycles. The third-order valence-electron chi connectivity index (χ3n) is 4.01. The van der Waals surface area contributed by atoms with Gasteiger partial charge in [-0.1, -0.05) is 0 Å². The number of halogens is 1. The fourth-order valence-corrected chi connectivity index (χ4v) is 2.81. The number of benzene rings is 1. The Morgan fingerprint density at radius 2 is 2.15 bits per heavy atom. The average Bonchev–Trinajstić information content (AvgIpc) is 3.22. The maximum Gasteiger partial charge on any atom is 0.317 e. The Morgan fingerprint density at radius 3 is 2.81 bits per heavy atom. The van der Waals surface area contributed by atoms with Crippen molar-refractivity contribution in [3.05, 3.63) is 35.6 Å². The lowest BCUT2D eigenvalue weighted by molar-refractivity contribution is 0.0681. The van der Waals surface area contributed by atoms with E-state index in [9.17, 15) is 14.0 Å². The number of rotatable bonds is 6. The molecule has 0 saturated carbocycles. The fraction of sp³-hybridized carbons (Fsp3) is 0.294. The summed E-state index contributed by atoms with van der Waals surface area (Å²) >= 11 is 0. The van der Waals surface area contributed by atoms with Crippen LogP contribution in [0.1, 0.15) is 23.2 Å². The molecule has 0 bridgehead atoms. The van der Waals surface area contributed by atoms with Crippen molar-refractivity contribution in [2.45, 2.75) is 18.9 Å². The Balaban J connectivity index is 1.93. The molecular formula is C17H19FN4O4. The molecule has 1 aliphatic heterocycles. The summed E-state index contributed by atoms with van der Waals surface area (Å²) in [6.45, 7) is 1.03. The Hall–Kier alpha value is -3.07. The predicted octanol–water partition coefficient (Wildman–Crippen LogP) is 1.97. The van der Waals surface area contributed by atoms with Gasteiger partial charge in [0.25, 0.3) is 5.91 Å². The van der Waals surface area contributed by atoms with E-state index in [1.807, 2.05) is 0 Å². The lowest BCUT2D eigenvalue weighted by atomic mass is 10.1. The monoisotopic (exact) mass is 362 g/mol. The van der Waals surface area contributed by atoms with Gasteiger partial charge in [-0.05, 0) is 37.1 Å². The molecule has 1 fully saturated rings. The summed E-state index contributed by atoms with van der Waals surface area (Å²) in [7, 11) is 0. The second-order valence-electron chi connectivity index (χ2n) is 5.91. The summed E-state index contributed by atoms with van der Waals surface area (Å²) in [6.07, 6.45) is 1.87. The summed E-state index contributed by atoms with van der Waals surface area (Å²) in [5.41, 5.74) is 11.2. The molecule has 3 rings (SSSR count). The molecule has 1 aromatic heterocycles. The van der Waals surface area contributed by atoms with Gasteiger partial charge in [-0.2, -0.15) is 0 Å². The van der Waals surface area contributed by atoms with Crippen LogP contribution in [0, 0.1) is 5.82 Å². The molecule has 1 atom stereocenters. The molecule has 3 amide bonds. The number of amides is 3. The van der Waals surface area contributed by atoms with Crippen molar-refractivity contribution in [1.82, 2.24) is 4.98 Å². The first-order valence-corrected chi connectivity index (χ1v) is 8.07. The molecule has 1 aromatic carbocycles. The van der Waals surface area contributed by atoms with Gasteiger partial charge in [0.15, 0.2) is 0 Å². The third-order valence-corrected chi connectivity index (χ3v) is 4.01. The van der Waals surface area contributed by atoms with Crippen LogP contribution in [0.5, 0.6) is 5.75 Å². The third kappa shape index (κ3) is 3.94. The molecule has 138 valence electrons. The summed E-state index contributed by atoms with van der Waals surface area (Å²) in [5.74, 6) is -0.808. The molecule has 2 heterocycles. The molecule has 26 heavy (non-hydrogen) atoms. The number of nitrogens with two attached hydrogens (primary N) is 2. The number of H-pyrrole nitrogens is 1. The second kappa shape index (κ2) is 7.44. The number of ether oxygens (including phenoxy) is 2. The number of anilines is 1. The summed E-state index contributed by atoms with van der Waals surface area (Å²) < 4.78 is 25.1. The van der Waals surface area contributed by atoms with Crippen molar-refractivity contribution in [1.29, 1.82) is 0 Å². The molecular weight excluding hydrogens is 343 g/mol. The van der Waals surface area contributed by atoms with E-state index in [0.717, 1.165) is 12.8 Å². The number of aromatic nitrogens is 1. The first kappa shape index (κ1) is 17.7. The number of primary amides is 2. The Labute approximate surface area is 148 Å². The van der Waals surface area contributed by atoms with Crippen LogP contribution in [-0.4, -0.2) is 36.2 Å². The van der Waals surface area contributed by atoms with Crippen LogP contribution in [0.25, 0.3) is 11.3 Å². The van der Waals surface area contributed by atoms with Crippen LogP contribution in [0.15, 0.2) is 24.3 Å². The van der Waals surface area contributed by atoms with Crippen molar-refractivity contribution in [2.75, 3.05) is 18.5 Å². The highest BCUT2D eigenvalue weighted by atomic mass is 19.1. The number of hydrogen-bond acceptors (Lipinski definition) is 4. The van der Waals surface area contributed by atoms with Gasteiger partial charge in [0.2, 0.25) is 0 Å². The molecule has 1 unspecified atom stereocenters. The van der Waals surface area contributed by atoms with Crippen LogP contribution in [0.4, 0.5) is 15.0 Å². The highest BCUT2D eigenvalue weighted by Crippen LogP contribution is 2.33. The average molecular weight is 362 g/mol. The molecule has 0 radical (unpaired) electrons. The first-order valence-electron chi connectivity index (χ1n) is 8.07. The van der Waals surface area contributed by atoms with Crippen molar-refractivity contribution in [3.63, 3.8) is 0 Å². The Morgan fingerprint density at radius 1 is 1.35 bits per heavy atom. The van der Waals surface area contributed by atoms with Crippen molar-refractivity contribution in [3.8, 4) is 17.0 Å². The van der Waals surface area contributed by atoms with Crippen LogP contribution < -0.4 is 21.5 Å². The van der Waals surface area contributed by atoms with Gasteiger partial charge in [0.05, 0.1) is 17.4 Å². The lowest BCUT2D eigenvalue weighted by Crippen LogP contribution is -2.22. The van der Waals surface area contributed by atoms with E-state index in [2.05, 4.69) is 10.3 Å². The molecule has 9 heteroatoms. The normalized spacial score (nSPS) is 16.4. The van der Waals surface area contributed by atoms with E-state index >= 15 is 0 Å². The number of hydrogen-bond donors (Lipinski definition) is 4. The topological polar surface area (TPSA) is 132 Å². The minimum Gasteiger partial charge on any atom is -0.490 e. The van der Waals surface area contributed by atoms with Gasteiger partial charge in [-0.3, -0.25) is 10.1 Å². The lowest BCUT2D eigenvalue weighted by Gasteiger charge is -2.14. The van der Waals surface area contributed by atoms with Crippen LogP contribution in [0.2, 0.25) is 0 Å².